The third-order valence-electron chi connectivity index (χ3n) is 4.10. The second-order valence-electron chi connectivity index (χ2n) is 6.47. The molecule has 2 rings (SSSR count). The van der Waals surface area contributed by atoms with E-state index < -0.39 is 0 Å². The largest absolute Gasteiger partial charge is 0.326 e. The van der Waals surface area contributed by atoms with Crippen LogP contribution in [0.2, 0.25) is 5.02 Å². The number of quaternary nitrogens is 1. The highest BCUT2D eigenvalue weighted by Gasteiger charge is 2.14. The van der Waals surface area contributed by atoms with Crippen molar-refractivity contribution >= 4 is 23.2 Å². The molecule has 128 valence electrons. The van der Waals surface area contributed by atoms with Crippen LogP contribution >= 0.6 is 11.6 Å². The Morgan fingerprint density at radius 3 is 2.33 bits per heavy atom. The summed E-state index contributed by atoms with van der Waals surface area (Å²) < 4.78 is 0. The summed E-state index contributed by atoms with van der Waals surface area (Å²) in [5.41, 5.74) is 5.36. The average Bonchev–Trinajstić information content (AvgIpc) is 2.51. The topological polar surface area (TPSA) is 33.5 Å². The summed E-state index contributed by atoms with van der Waals surface area (Å²) in [5, 5.41) is 3.54. The summed E-state index contributed by atoms with van der Waals surface area (Å²) in [5.74, 6) is -0.0217. The molecular formula is C20H26ClN2O+. The molecule has 0 bridgehead atoms. The number of hydrogen-bond acceptors (Lipinski definition) is 1. The van der Waals surface area contributed by atoms with Crippen molar-refractivity contribution in [2.45, 2.75) is 33.7 Å². The SMILES string of the molecule is CCc1ccc(C[NH+](C)CC(=O)Nc2c(C)cc(C)cc2Cl)cc1. The zero-order valence-corrected chi connectivity index (χ0v) is 15.6. The first-order chi connectivity index (χ1) is 11.4. The number of anilines is 1. The van der Waals surface area contributed by atoms with Crippen LogP contribution in [0.25, 0.3) is 0 Å². The molecule has 2 aromatic carbocycles. The lowest BCUT2D eigenvalue weighted by Crippen LogP contribution is -3.08. The summed E-state index contributed by atoms with van der Waals surface area (Å²) >= 11 is 6.25. The molecule has 0 aliphatic rings. The Morgan fingerprint density at radius 1 is 1.12 bits per heavy atom. The summed E-state index contributed by atoms with van der Waals surface area (Å²) in [7, 11) is 2.02. The number of nitrogens with one attached hydrogen (secondary N) is 2. The highest BCUT2D eigenvalue weighted by molar-refractivity contribution is 6.34. The van der Waals surface area contributed by atoms with Gasteiger partial charge in [0.25, 0.3) is 5.91 Å². The maximum atomic E-state index is 12.3. The number of likely N-dealkylation sites (N-methyl/N-ethyl adjacent to an activating group) is 1. The van der Waals surface area contributed by atoms with Crippen LogP contribution < -0.4 is 10.2 Å². The van der Waals surface area contributed by atoms with Gasteiger partial charge in [0.1, 0.15) is 6.54 Å². The van der Waals surface area contributed by atoms with Gasteiger partial charge in [-0.25, -0.2) is 0 Å². The first-order valence-corrected chi connectivity index (χ1v) is 8.72. The van der Waals surface area contributed by atoms with Crippen LogP contribution in [-0.2, 0) is 17.8 Å². The molecule has 0 aromatic heterocycles. The van der Waals surface area contributed by atoms with Crippen molar-refractivity contribution in [2.24, 2.45) is 0 Å². The van der Waals surface area contributed by atoms with Gasteiger partial charge >= 0.3 is 0 Å². The van der Waals surface area contributed by atoms with Crippen LogP contribution in [-0.4, -0.2) is 19.5 Å². The van der Waals surface area contributed by atoms with Crippen molar-refractivity contribution in [3.05, 3.63) is 63.7 Å². The molecule has 0 aliphatic heterocycles. The van der Waals surface area contributed by atoms with Crippen LogP contribution in [0.3, 0.4) is 0 Å². The van der Waals surface area contributed by atoms with E-state index in [1.165, 1.54) is 11.1 Å². The van der Waals surface area contributed by atoms with Crippen LogP contribution in [0.5, 0.6) is 0 Å². The maximum absolute atomic E-state index is 12.3. The Kier molecular flexibility index (Phi) is 6.41. The third-order valence-corrected chi connectivity index (χ3v) is 4.39. The van der Waals surface area contributed by atoms with Gasteiger partial charge in [-0.1, -0.05) is 48.9 Å². The van der Waals surface area contributed by atoms with Crippen LogP contribution in [0.1, 0.15) is 29.2 Å². The fourth-order valence-electron chi connectivity index (χ4n) is 2.84. The van der Waals surface area contributed by atoms with Crippen LogP contribution in [0.15, 0.2) is 36.4 Å². The molecule has 0 spiro atoms. The van der Waals surface area contributed by atoms with Crippen molar-refractivity contribution in [2.75, 3.05) is 18.9 Å². The molecule has 0 saturated carbocycles. The minimum absolute atomic E-state index is 0.0217. The molecular weight excluding hydrogens is 320 g/mol. The Labute approximate surface area is 149 Å². The van der Waals surface area contributed by atoms with Gasteiger partial charge in [0.2, 0.25) is 0 Å². The van der Waals surface area contributed by atoms with Gasteiger partial charge in [-0.2, -0.15) is 0 Å². The summed E-state index contributed by atoms with van der Waals surface area (Å²) in [6, 6.07) is 12.5. The molecule has 2 aromatic rings. The van der Waals surface area contributed by atoms with Gasteiger partial charge < -0.3 is 10.2 Å². The molecule has 0 aliphatic carbocycles. The number of benzene rings is 2. The second kappa shape index (κ2) is 8.32. The summed E-state index contributed by atoms with van der Waals surface area (Å²) in [6.07, 6.45) is 1.04. The molecule has 2 N–H and O–H groups in total. The minimum atomic E-state index is -0.0217. The van der Waals surface area contributed by atoms with E-state index in [-0.39, 0.29) is 5.91 Å². The van der Waals surface area contributed by atoms with E-state index >= 15 is 0 Å². The second-order valence-corrected chi connectivity index (χ2v) is 6.87. The van der Waals surface area contributed by atoms with Crippen molar-refractivity contribution in [1.29, 1.82) is 0 Å². The number of amides is 1. The number of halogens is 1. The Hall–Kier alpha value is -1.84. The third kappa shape index (κ3) is 5.08. The van der Waals surface area contributed by atoms with Crippen LogP contribution in [0.4, 0.5) is 5.69 Å². The average molecular weight is 346 g/mol. The molecule has 3 nitrogen and oxygen atoms in total. The molecule has 0 radical (unpaired) electrons. The Bertz CT molecular complexity index is 687. The zero-order chi connectivity index (χ0) is 17.7. The van der Waals surface area contributed by atoms with Gasteiger partial charge in [-0.3, -0.25) is 4.79 Å². The van der Waals surface area contributed by atoms with Gasteiger partial charge in [0.15, 0.2) is 6.54 Å². The van der Waals surface area contributed by atoms with E-state index in [1.54, 1.807) is 0 Å². The predicted molar refractivity (Wildman–Crippen MR) is 101 cm³/mol. The van der Waals surface area contributed by atoms with Gasteiger partial charge in [0.05, 0.1) is 17.8 Å². The molecule has 0 heterocycles. The summed E-state index contributed by atoms with van der Waals surface area (Å²) in [6.45, 7) is 7.32. The number of rotatable bonds is 6. The highest BCUT2D eigenvalue weighted by atomic mass is 35.5. The van der Waals surface area contributed by atoms with E-state index in [1.807, 2.05) is 33.0 Å². The standard InChI is InChI=1S/C20H25ClN2O/c1-5-16-6-8-17(9-7-16)12-23(4)13-19(24)22-20-15(3)10-14(2)11-18(20)21/h6-11H,5,12-13H2,1-4H3,(H,22,24)/p+1. The molecule has 1 unspecified atom stereocenters. The normalized spacial score (nSPS) is 12.0. The minimum Gasteiger partial charge on any atom is -0.326 e. The fourth-order valence-corrected chi connectivity index (χ4v) is 3.20. The Morgan fingerprint density at radius 2 is 1.75 bits per heavy atom. The lowest BCUT2D eigenvalue weighted by molar-refractivity contribution is -0.885. The van der Waals surface area contributed by atoms with Crippen molar-refractivity contribution < 1.29 is 9.69 Å². The number of aryl methyl sites for hydroxylation is 3. The van der Waals surface area contributed by atoms with Crippen molar-refractivity contribution in [3.63, 3.8) is 0 Å². The monoisotopic (exact) mass is 345 g/mol. The lowest BCUT2D eigenvalue weighted by atomic mass is 10.1. The maximum Gasteiger partial charge on any atom is 0.279 e. The first-order valence-electron chi connectivity index (χ1n) is 8.34. The molecule has 1 atom stereocenters. The quantitative estimate of drug-likeness (QED) is 0.828. The van der Waals surface area contributed by atoms with Gasteiger partial charge in [-0.05, 0) is 43.0 Å². The smallest absolute Gasteiger partial charge is 0.279 e. The molecule has 1 amide bonds. The van der Waals surface area contributed by atoms with Gasteiger partial charge in [0, 0.05) is 5.56 Å². The lowest BCUT2D eigenvalue weighted by Gasteiger charge is -2.16. The molecule has 0 saturated heterocycles. The van der Waals surface area contributed by atoms with Crippen molar-refractivity contribution in [3.8, 4) is 0 Å². The summed E-state index contributed by atoms with van der Waals surface area (Å²) in [4.78, 5) is 13.4. The number of hydrogen-bond donors (Lipinski definition) is 2. The van der Waals surface area contributed by atoms with E-state index in [0.29, 0.717) is 17.3 Å². The highest BCUT2D eigenvalue weighted by Crippen LogP contribution is 2.27. The number of carbonyl (C=O) groups is 1. The number of carbonyl (C=O) groups excluding carboxylic acids is 1. The predicted octanol–water partition coefficient (Wildman–Crippen LogP) is 3.17. The fraction of sp³-hybridized carbons (Fsp3) is 0.350. The molecule has 4 heteroatoms. The molecule has 24 heavy (non-hydrogen) atoms. The van der Waals surface area contributed by atoms with E-state index in [9.17, 15) is 4.79 Å². The van der Waals surface area contributed by atoms with E-state index in [0.717, 1.165) is 29.0 Å². The van der Waals surface area contributed by atoms with E-state index in [4.69, 9.17) is 11.6 Å². The first kappa shape index (κ1) is 18.5. The van der Waals surface area contributed by atoms with Gasteiger partial charge in [-0.15, -0.1) is 0 Å². The Balaban J connectivity index is 1.94. The van der Waals surface area contributed by atoms with E-state index in [2.05, 4.69) is 36.5 Å². The zero-order valence-electron chi connectivity index (χ0n) is 14.9. The molecule has 0 fully saturated rings. The van der Waals surface area contributed by atoms with Crippen molar-refractivity contribution in [1.82, 2.24) is 0 Å². The van der Waals surface area contributed by atoms with Crippen LogP contribution in [0, 0.1) is 13.8 Å².